The van der Waals surface area contributed by atoms with Gasteiger partial charge in [0, 0.05) is 30.9 Å². The standard InChI is InChI=1S/C14H16N4O3/c15-12(19)9-21-11-3-1-10(2-4-11)14(20)18-6-5-13-16-7-8-17-13/h1-4,7-8H,5-6,9H2,(H2,15,19)(H,16,17)(H,18,20). The molecular formula is C14H16N4O3. The highest BCUT2D eigenvalue weighted by molar-refractivity contribution is 5.94. The van der Waals surface area contributed by atoms with Crippen LogP contribution in [0.15, 0.2) is 36.7 Å². The largest absolute Gasteiger partial charge is 0.484 e. The summed E-state index contributed by atoms with van der Waals surface area (Å²) in [4.78, 5) is 29.5. The molecule has 0 unspecified atom stereocenters. The lowest BCUT2D eigenvalue weighted by atomic mass is 10.2. The van der Waals surface area contributed by atoms with Crippen molar-refractivity contribution in [1.82, 2.24) is 15.3 Å². The minimum atomic E-state index is -0.547. The first-order valence-electron chi connectivity index (χ1n) is 6.43. The summed E-state index contributed by atoms with van der Waals surface area (Å²) in [6.45, 7) is 0.307. The Kier molecular flexibility index (Phi) is 4.92. The maximum Gasteiger partial charge on any atom is 0.255 e. The van der Waals surface area contributed by atoms with E-state index in [1.807, 2.05) is 0 Å². The van der Waals surface area contributed by atoms with Gasteiger partial charge in [0.05, 0.1) is 0 Å². The molecule has 0 aliphatic carbocycles. The predicted molar refractivity (Wildman–Crippen MR) is 75.8 cm³/mol. The smallest absolute Gasteiger partial charge is 0.255 e. The molecule has 0 saturated heterocycles. The van der Waals surface area contributed by atoms with Crippen molar-refractivity contribution in [2.24, 2.45) is 5.73 Å². The lowest BCUT2D eigenvalue weighted by Gasteiger charge is -2.06. The number of H-pyrrole nitrogens is 1. The number of aromatic amines is 1. The van der Waals surface area contributed by atoms with Crippen molar-refractivity contribution in [3.05, 3.63) is 48.0 Å². The molecule has 0 saturated carbocycles. The van der Waals surface area contributed by atoms with E-state index in [9.17, 15) is 9.59 Å². The number of aromatic nitrogens is 2. The average Bonchev–Trinajstić information content (AvgIpc) is 2.99. The summed E-state index contributed by atoms with van der Waals surface area (Å²) in [5.74, 6) is 0.587. The van der Waals surface area contributed by atoms with Gasteiger partial charge in [-0.05, 0) is 24.3 Å². The van der Waals surface area contributed by atoms with Crippen LogP contribution >= 0.6 is 0 Å². The molecule has 4 N–H and O–H groups in total. The van der Waals surface area contributed by atoms with Gasteiger partial charge in [-0.2, -0.15) is 0 Å². The number of hydrogen-bond acceptors (Lipinski definition) is 4. The second-order valence-electron chi connectivity index (χ2n) is 4.32. The summed E-state index contributed by atoms with van der Waals surface area (Å²) < 4.78 is 5.11. The molecule has 1 aromatic carbocycles. The van der Waals surface area contributed by atoms with E-state index < -0.39 is 5.91 Å². The van der Waals surface area contributed by atoms with Crippen molar-refractivity contribution in [3.8, 4) is 5.75 Å². The average molecular weight is 288 g/mol. The number of primary amides is 1. The van der Waals surface area contributed by atoms with Crippen LogP contribution in [0.4, 0.5) is 0 Å². The topological polar surface area (TPSA) is 110 Å². The Morgan fingerprint density at radius 3 is 2.67 bits per heavy atom. The first kappa shape index (κ1) is 14.6. The van der Waals surface area contributed by atoms with Gasteiger partial charge in [0.2, 0.25) is 0 Å². The Morgan fingerprint density at radius 2 is 2.05 bits per heavy atom. The van der Waals surface area contributed by atoms with Crippen molar-refractivity contribution in [1.29, 1.82) is 0 Å². The van der Waals surface area contributed by atoms with Crippen LogP contribution < -0.4 is 15.8 Å². The van der Waals surface area contributed by atoms with Crippen LogP contribution in [0.1, 0.15) is 16.2 Å². The number of amides is 2. The fourth-order valence-corrected chi connectivity index (χ4v) is 1.69. The van der Waals surface area contributed by atoms with Crippen LogP contribution in [-0.2, 0) is 11.2 Å². The molecule has 1 heterocycles. The van der Waals surface area contributed by atoms with Gasteiger partial charge in [-0.15, -0.1) is 0 Å². The fraction of sp³-hybridized carbons (Fsp3) is 0.214. The summed E-state index contributed by atoms with van der Waals surface area (Å²) in [7, 11) is 0. The zero-order chi connectivity index (χ0) is 15.1. The number of nitrogens with two attached hydrogens (primary N) is 1. The number of imidazole rings is 1. The summed E-state index contributed by atoms with van der Waals surface area (Å²) in [6, 6.07) is 6.48. The molecule has 110 valence electrons. The molecule has 1 aromatic heterocycles. The van der Waals surface area contributed by atoms with Gasteiger partial charge in [0.15, 0.2) is 6.61 Å². The van der Waals surface area contributed by atoms with Crippen molar-refractivity contribution in [2.75, 3.05) is 13.2 Å². The lowest BCUT2D eigenvalue weighted by Crippen LogP contribution is -2.25. The van der Waals surface area contributed by atoms with Crippen molar-refractivity contribution < 1.29 is 14.3 Å². The Labute approximate surface area is 121 Å². The van der Waals surface area contributed by atoms with Gasteiger partial charge in [-0.1, -0.05) is 0 Å². The molecule has 0 spiro atoms. The van der Waals surface area contributed by atoms with E-state index in [4.69, 9.17) is 10.5 Å². The van der Waals surface area contributed by atoms with E-state index in [1.165, 1.54) is 0 Å². The minimum Gasteiger partial charge on any atom is -0.484 e. The van der Waals surface area contributed by atoms with Gasteiger partial charge in [-0.25, -0.2) is 4.98 Å². The van der Waals surface area contributed by atoms with E-state index >= 15 is 0 Å². The first-order chi connectivity index (χ1) is 10.1. The number of benzene rings is 1. The van der Waals surface area contributed by atoms with Crippen molar-refractivity contribution >= 4 is 11.8 Å². The highest BCUT2D eigenvalue weighted by Crippen LogP contribution is 2.11. The number of rotatable bonds is 7. The second kappa shape index (κ2) is 7.09. The normalized spacial score (nSPS) is 10.1. The molecule has 7 nitrogen and oxygen atoms in total. The number of carbonyl (C=O) groups excluding carboxylic acids is 2. The number of ether oxygens (including phenoxy) is 1. The van der Waals surface area contributed by atoms with Crippen LogP contribution in [0.25, 0.3) is 0 Å². The molecule has 0 bridgehead atoms. The monoisotopic (exact) mass is 288 g/mol. The van der Waals surface area contributed by atoms with Gasteiger partial charge in [0.1, 0.15) is 11.6 Å². The third kappa shape index (κ3) is 4.64. The Balaban J connectivity index is 1.80. The number of carbonyl (C=O) groups is 2. The zero-order valence-corrected chi connectivity index (χ0v) is 11.3. The minimum absolute atomic E-state index is 0.178. The van der Waals surface area contributed by atoms with Crippen LogP contribution in [0.2, 0.25) is 0 Å². The quantitative estimate of drug-likeness (QED) is 0.678. The molecule has 0 aliphatic rings. The highest BCUT2D eigenvalue weighted by atomic mass is 16.5. The fourth-order valence-electron chi connectivity index (χ4n) is 1.69. The molecule has 2 aromatic rings. The van der Waals surface area contributed by atoms with Crippen LogP contribution in [-0.4, -0.2) is 34.9 Å². The SMILES string of the molecule is NC(=O)COc1ccc(C(=O)NCCc2ncc[nH]2)cc1. The van der Waals surface area contributed by atoms with E-state index in [0.29, 0.717) is 24.3 Å². The van der Waals surface area contributed by atoms with Crippen LogP contribution in [0.5, 0.6) is 5.75 Å². The maximum atomic E-state index is 11.9. The molecule has 0 radical (unpaired) electrons. The zero-order valence-electron chi connectivity index (χ0n) is 11.3. The van der Waals surface area contributed by atoms with Crippen LogP contribution in [0, 0.1) is 0 Å². The van der Waals surface area contributed by atoms with Gasteiger partial charge < -0.3 is 20.8 Å². The summed E-state index contributed by atoms with van der Waals surface area (Å²) in [5, 5.41) is 2.79. The third-order valence-corrected chi connectivity index (χ3v) is 2.70. The van der Waals surface area contributed by atoms with Gasteiger partial charge >= 0.3 is 0 Å². The summed E-state index contributed by atoms with van der Waals surface area (Å²) in [5.41, 5.74) is 5.49. The molecule has 7 heteroatoms. The molecule has 21 heavy (non-hydrogen) atoms. The molecule has 2 amide bonds. The van der Waals surface area contributed by atoms with Gasteiger partial charge in [0.25, 0.3) is 11.8 Å². The third-order valence-electron chi connectivity index (χ3n) is 2.70. The van der Waals surface area contributed by atoms with Crippen molar-refractivity contribution in [3.63, 3.8) is 0 Å². The number of hydrogen-bond donors (Lipinski definition) is 3. The van der Waals surface area contributed by atoms with Gasteiger partial charge in [-0.3, -0.25) is 9.59 Å². The Bertz CT molecular complexity index is 593. The predicted octanol–water partition coefficient (Wildman–Crippen LogP) is 0.246. The number of nitrogens with zero attached hydrogens (tertiary/aromatic N) is 1. The van der Waals surface area contributed by atoms with Crippen molar-refractivity contribution in [2.45, 2.75) is 6.42 Å². The Morgan fingerprint density at radius 1 is 1.29 bits per heavy atom. The lowest BCUT2D eigenvalue weighted by molar-refractivity contribution is -0.119. The molecule has 0 fully saturated rings. The van der Waals surface area contributed by atoms with E-state index in [1.54, 1.807) is 36.7 Å². The summed E-state index contributed by atoms with van der Waals surface area (Å²) >= 11 is 0. The molecule has 0 aliphatic heterocycles. The first-order valence-corrected chi connectivity index (χ1v) is 6.43. The van der Waals surface area contributed by atoms with E-state index in [0.717, 1.165) is 5.82 Å². The second-order valence-corrected chi connectivity index (χ2v) is 4.32. The van der Waals surface area contributed by atoms with E-state index in [-0.39, 0.29) is 12.5 Å². The maximum absolute atomic E-state index is 11.9. The molecule has 0 atom stereocenters. The number of nitrogens with one attached hydrogen (secondary N) is 2. The highest BCUT2D eigenvalue weighted by Gasteiger charge is 2.06. The van der Waals surface area contributed by atoms with Crippen LogP contribution in [0.3, 0.4) is 0 Å². The molecule has 2 rings (SSSR count). The summed E-state index contributed by atoms with van der Waals surface area (Å²) in [6.07, 6.45) is 4.04. The molecular weight excluding hydrogens is 272 g/mol. The van der Waals surface area contributed by atoms with E-state index in [2.05, 4.69) is 15.3 Å². The Hall–Kier alpha value is -2.83.